The van der Waals surface area contributed by atoms with Crippen LogP contribution in [0.1, 0.15) is 11.1 Å². The van der Waals surface area contributed by atoms with E-state index in [0.717, 1.165) is 11.1 Å². The first kappa shape index (κ1) is 10.5. The molecule has 0 fully saturated rings. The molecule has 1 nitrogen and oxygen atoms in total. The maximum absolute atomic E-state index is 12.3. The summed E-state index contributed by atoms with van der Waals surface area (Å²) in [6.07, 6.45) is -6.08. The van der Waals surface area contributed by atoms with Crippen LogP contribution >= 0.6 is 0 Å². The number of hydrogen-bond donors (Lipinski definition) is 1. The summed E-state index contributed by atoms with van der Waals surface area (Å²) < 4.78 is 36.8. The summed E-state index contributed by atoms with van der Waals surface area (Å²) in [5.74, 6) is -0.720. The minimum atomic E-state index is -4.51. The molecule has 0 aromatic heterocycles. The van der Waals surface area contributed by atoms with Gasteiger partial charge in [-0.2, -0.15) is 13.2 Å². The Balaban J connectivity index is 2.14. The second-order valence-corrected chi connectivity index (χ2v) is 3.92. The highest BCUT2D eigenvalue weighted by Gasteiger charge is 2.45. The molecule has 0 radical (unpaired) electrons. The lowest BCUT2D eigenvalue weighted by molar-refractivity contribution is -0.218. The smallest absolute Gasteiger partial charge is 0.383 e. The van der Waals surface area contributed by atoms with E-state index in [1.807, 2.05) is 12.1 Å². The Kier molecular flexibility index (Phi) is 2.46. The molecule has 82 valence electrons. The highest BCUT2D eigenvalue weighted by atomic mass is 19.4. The highest BCUT2D eigenvalue weighted by Crippen LogP contribution is 2.35. The van der Waals surface area contributed by atoms with Crippen LogP contribution in [0.5, 0.6) is 0 Å². The molecule has 4 heteroatoms. The summed E-state index contributed by atoms with van der Waals surface area (Å²) in [4.78, 5) is 0. The van der Waals surface area contributed by atoms with Crippen molar-refractivity contribution in [3.05, 3.63) is 35.4 Å². The molecule has 1 N–H and O–H groups in total. The molecule has 0 bridgehead atoms. The molecule has 1 atom stereocenters. The maximum atomic E-state index is 12.3. The van der Waals surface area contributed by atoms with Crippen molar-refractivity contribution in [2.24, 2.45) is 5.92 Å². The Morgan fingerprint density at radius 1 is 1.13 bits per heavy atom. The van der Waals surface area contributed by atoms with Gasteiger partial charge in [0, 0.05) is 5.92 Å². The van der Waals surface area contributed by atoms with Crippen molar-refractivity contribution in [3.8, 4) is 0 Å². The highest BCUT2D eigenvalue weighted by molar-refractivity contribution is 5.32. The molecule has 15 heavy (non-hydrogen) atoms. The van der Waals surface area contributed by atoms with Gasteiger partial charge < -0.3 is 5.11 Å². The van der Waals surface area contributed by atoms with E-state index in [-0.39, 0.29) is 0 Å². The van der Waals surface area contributed by atoms with Crippen molar-refractivity contribution in [1.82, 2.24) is 0 Å². The molecule has 1 aromatic carbocycles. The van der Waals surface area contributed by atoms with Gasteiger partial charge in [0.05, 0.1) is 0 Å². The molecular weight excluding hydrogens is 205 g/mol. The van der Waals surface area contributed by atoms with Crippen molar-refractivity contribution < 1.29 is 18.3 Å². The Morgan fingerprint density at radius 3 is 2.00 bits per heavy atom. The molecule has 0 aliphatic heterocycles. The van der Waals surface area contributed by atoms with E-state index in [2.05, 4.69) is 0 Å². The average Bonchev–Trinajstić information content (AvgIpc) is 2.58. The maximum Gasteiger partial charge on any atom is 0.414 e. The van der Waals surface area contributed by atoms with E-state index in [4.69, 9.17) is 5.11 Å². The van der Waals surface area contributed by atoms with E-state index in [1.54, 1.807) is 12.1 Å². The molecule has 0 saturated carbocycles. The molecule has 0 heterocycles. The third-order valence-electron chi connectivity index (χ3n) is 2.86. The standard InChI is InChI=1S/C11H11F3O/c12-11(13,14)10(15)9-5-7-3-1-2-4-8(7)6-9/h1-4,9-10,15H,5-6H2. The summed E-state index contributed by atoms with van der Waals surface area (Å²) in [7, 11) is 0. The third kappa shape index (κ3) is 2.00. The Hall–Kier alpha value is -1.03. The number of fused-ring (bicyclic) bond motifs is 1. The van der Waals surface area contributed by atoms with Crippen LogP contribution in [0.25, 0.3) is 0 Å². The second kappa shape index (κ2) is 3.52. The van der Waals surface area contributed by atoms with Crippen molar-refractivity contribution in [2.45, 2.75) is 25.1 Å². The summed E-state index contributed by atoms with van der Waals surface area (Å²) in [6.45, 7) is 0. The zero-order chi connectivity index (χ0) is 11.1. The fourth-order valence-corrected chi connectivity index (χ4v) is 2.08. The Morgan fingerprint density at radius 2 is 1.60 bits per heavy atom. The van der Waals surface area contributed by atoms with E-state index in [9.17, 15) is 13.2 Å². The first-order chi connectivity index (χ1) is 6.98. The lowest BCUT2D eigenvalue weighted by Gasteiger charge is -2.20. The number of hydrogen-bond acceptors (Lipinski definition) is 1. The molecule has 0 spiro atoms. The third-order valence-corrected chi connectivity index (χ3v) is 2.86. The fraction of sp³-hybridized carbons (Fsp3) is 0.455. The first-order valence-electron chi connectivity index (χ1n) is 4.80. The van der Waals surface area contributed by atoms with Crippen LogP contribution < -0.4 is 0 Å². The SMILES string of the molecule is OC(C1Cc2ccccc2C1)C(F)(F)F. The predicted octanol–water partition coefficient (Wildman–Crippen LogP) is 2.32. The van der Waals surface area contributed by atoms with E-state index in [1.165, 1.54) is 0 Å². The molecule has 0 saturated heterocycles. The van der Waals surface area contributed by atoms with Crippen LogP contribution in [0.3, 0.4) is 0 Å². The van der Waals surface area contributed by atoms with Gasteiger partial charge in [-0.3, -0.25) is 0 Å². The van der Waals surface area contributed by atoms with Gasteiger partial charge in [0.1, 0.15) is 0 Å². The summed E-state index contributed by atoms with van der Waals surface area (Å²) in [5.41, 5.74) is 1.84. The number of benzene rings is 1. The van der Waals surface area contributed by atoms with Crippen LogP contribution in [0, 0.1) is 5.92 Å². The second-order valence-electron chi connectivity index (χ2n) is 3.92. The molecule has 0 amide bonds. The van der Waals surface area contributed by atoms with Gasteiger partial charge >= 0.3 is 6.18 Å². The van der Waals surface area contributed by atoms with E-state index in [0.29, 0.717) is 12.8 Å². The van der Waals surface area contributed by atoms with E-state index >= 15 is 0 Å². The van der Waals surface area contributed by atoms with Crippen molar-refractivity contribution >= 4 is 0 Å². The molecule has 1 aliphatic carbocycles. The number of aliphatic hydroxyl groups is 1. The number of aliphatic hydroxyl groups excluding tert-OH is 1. The predicted molar refractivity (Wildman–Crippen MR) is 49.4 cm³/mol. The van der Waals surface area contributed by atoms with Gasteiger partial charge in [0.25, 0.3) is 0 Å². The van der Waals surface area contributed by atoms with Crippen LogP contribution in [-0.2, 0) is 12.8 Å². The number of alkyl halides is 3. The van der Waals surface area contributed by atoms with Crippen molar-refractivity contribution in [2.75, 3.05) is 0 Å². The van der Waals surface area contributed by atoms with E-state index < -0.39 is 18.2 Å². The van der Waals surface area contributed by atoms with Gasteiger partial charge in [-0.15, -0.1) is 0 Å². The monoisotopic (exact) mass is 216 g/mol. The zero-order valence-electron chi connectivity index (χ0n) is 7.96. The van der Waals surface area contributed by atoms with Gasteiger partial charge in [0.15, 0.2) is 6.10 Å². The molecular formula is C11H11F3O. The number of halogens is 3. The van der Waals surface area contributed by atoms with Crippen LogP contribution in [0.15, 0.2) is 24.3 Å². The van der Waals surface area contributed by atoms with Gasteiger partial charge in [-0.1, -0.05) is 24.3 Å². The average molecular weight is 216 g/mol. The summed E-state index contributed by atoms with van der Waals surface area (Å²) in [6, 6.07) is 7.25. The van der Waals surface area contributed by atoms with Gasteiger partial charge in [-0.25, -0.2) is 0 Å². The Bertz CT molecular complexity index is 334. The van der Waals surface area contributed by atoms with Gasteiger partial charge in [0.2, 0.25) is 0 Å². The largest absolute Gasteiger partial charge is 0.414 e. The lowest BCUT2D eigenvalue weighted by Crippen LogP contribution is -2.36. The quantitative estimate of drug-likeness (QED) is 0.763. The van der Waals surface area contributed by atoms with Crippen molar-refractivity contribution in [1.29, 1.82) is 0 Å². The minimum Gasteiger partial charge on any atom is -0.383 e. The van der Waals surface area contributed by atoms with Crippen LogP contribution in [0.2, 0.25) is 0 Å². The molecule has 2 rings (SSSR count). The Labute approximate surface area is 85.5 Å². The molecule has 1 aromatic rings. The minimum absolute atomic E-state index is 0.316. The lowest BCUT2D eigenvalue weighted by atomic mass is 9.99. The zero-order valence-corrected chi connectivity index (χ0v) is 7.96. The topological polar surface area (TPSA) is 20.2 Å². The number of rotatable bonds is 1. The first-order valence-corrected chi connectivity index (χ1v) is 4.80. The van der Waals surface area contributed by atoms with Gasteiger partial charge in [-0.05, 0) is 24.0 Å². The summed E-state index contributed by atoms with van der Waals surface area (Å²) >= 11 is 0. The molecule has 1 unspecified atom stereocenters. The fourth-order valence-electron chi connectivity index (χ4n) is 2.08. The molecule has 1 aliphatic rings. The van der Waals surface area contributed by atoms with Crippen LogP contribution in [0.4, 0.5) is 13.2 Å². The van der Waals surface area contributed by atoms with Crippen molar-refractivity contribution in [3.63, 3.8) is 0 Å². The summed E-state index contributed by atoms with van der Waals surface area (Å²) in [5, 5.41) is 9.13. The normalized spacial score (nSPS) is 18.9. The van der Waals surface area contributed by atoms with Crippen LogP contribution in [-0.4, -0.2) is 17.4 Å².